The first-order valence-corrected chi connectivity index (χ1v) is 14.4. The molecule has 6 nitrogen and oxygen atoms in total. The smallest absolute Gasteiger partial charge is 0.226 e. The average Bonchev–Trinajstić information content (AvgIpc) is 3.44. The minimum absolute atomic E-state index is 0.0825. The van der Waals surface area contributed by atoms with Crippen LogP contribution in [0.2, 0.25) is 5.02 Å². The van der Waals surface area contributed by atoms with Crippen molar-refractivity contribution in [2.45, 2.75) is 53.1 Å². The van der Waals surface area contributed by atoms with Gasteiger partial charge in [-0.3, -0.25) is 9.78 Å². The monoisotopic (exact) mass is 571 g/mol. The summed E-state index contributed by atoms with van der Waals surface area (Å²) in [6.45, 7) is 10.2. The number of carbonyl (C=O) groups excluding carboxylic acids is 1. The first-order chi connectivity index (χ1) is 19.2. The van der Waals surface area contributed by atoms with Crippen molar-refractivity contribution in [1.29, 1.82) is 0 Å². The molecule has 0 unspecified atom stereocenters. The third-order valence-electron chi connectivity index (χ3n) is 7.51. The van der Waals surface area contributed by atoms with Gasteiger partial charge in [-0.2, -0.15) is 0 Å². The van der Waals surface area contributed by atoms with Crippen LogP contribution in [0.4, 0.5) is 11.4 Å². The molecule has 40 heavy (non-hydrogen) atoms. The number of hydrogen-bond acceptors (Lipinski definition) is 3. The fraction of sp³-hybridized carbons (Fsp3) is 0.281. The van der Waals surface area contributed by atoms with Crippen molar-refractivity contribution in [2.24, 2.45) is 5.92 Å². The van der Waals surface area contributed by atoms with E-state index in [1.807, 2.05) is 56.4 Å². The molecular formula is C32H34ClN5OS. The highest BCUT2D eigenvalue weighted by atomic mass is 35.5. The standard InChI is InChI=1S/C32H34ClN5OS/c1-6-22-11-7-8-13-28(22)37-20(4)17-24(21(37)5)30-29(27-12-9-10-16-34-27)36-32(40)38(30)23-14-15-26(25(33)18-23)35-31(39)19(2)3/h7-19,29-30H,6H2,1-5H3,(H,35,39)(H,36,40)/t29-,30-/m1/s1. The second-order valence-electron chi connectivity index (χ2n) is 10.4. The lowest BCUT2D eigenvalue weighted by atomic mass is 9.96. The number of anilines is 2. The van der Waals surface area contributed by atoms with Gasteiger partial charge in [-0.25, -0.2) is 0 Å². The normalized spacial score (nSPS) is 16.9. The quantitative estimate of drug-likeness (QED) is 0.225. The average molecular weight is 572 g/mol. The maximum absolute atomic E-state index is 12.3. The number of pyridine rings is 1. The third-order valence-corrected chi connectivity index (χ3v) is 8.14. The summed E-state index contributed by atoms with van der Waals surface area (Å²) in [4.78, 5) is 19.1. The SMILES string of the molecule is CCc1ccccc1-n1c(C)cc([C@@H]2[C@@H](c3ccccn3)NC(=S)N2c2ccc(NC(=O)C(C)C)c(Cl)c2)c1C. The van der Waals surface area contributed by atoms with Crippen LogP contribution < -0.4 is 15.5 Å². The Morgan fingerprint density at radius 2 is 1.85 bits per heavy atom. The molecule has 1 amide bonds. The van der Waals surface area contributed by atoms with Gasteiger partial charge in [0.05, 0.1) is 28.5 Å². The van der Waals surface area contributed by atoms with Crippen LogP contribution in [0.1, 0.15) is 61.1 Å². The van der Waals surface area contributed by atoms with Crippen LogP contribution in [0.25, 0.3) is 5.69 Å². The van der Waals surface area contributed by atoms with Gasteiger partial charge in [0.2, 0.25) is 5.91 Å². The molecule has 2 N–H and O–H groups in total. The fourth-order valence-electron chi connectivity index (χ4n) is 5.47. The number of nitrogens with one attached hydrogen (secondary N) is 2. The van der Waals surface area contributed by atoms with Gasteiger partial charge in [0.1, 0.15) is 0 Å². The van der Waals surface area contributed by atoms with Crippen molar-refractivity contribution in [3.63, 3.8) is 0 Å². The summed E-state index contributed by atoms with van der Waals surface area (Å²) < 4.78 is 2.33. The van der Waals surface area contributed by atoms with Gasteiger partial charge in [-0.1, -0.05) is 56.6 Å². The van der Waals surface area contributed by atoms with Crippen LogP contribution >= 0.6 is 23.8 Å². The first kappa shape index (κ1) is 27.9. The van der Waals surface area contributed by atoms with E-state index >= 15 is 0 Å². The zero-order valence-corrected chi connectivity index (χ0v) is 25.0. The van der Waals surface area contributed by atoms with Crippen molar-refractivity contribution in [2.75, 3.05) is 10.2 Å². The molecular weight excluding hydrogens is 538 g/mol. The Morgan fingerprint density at radius 1 is 1.10 bits per heavy atom. The van der Waals surface area contributed by atoms with Crippen LogP contribution in [-0.4, -0.2) is 20.6 Å². The van der Waals surface area contributed by atoms with Gasteiger partial charge in [0, 0.05) is 34.9 Å². The maximum Gasteiger partial charge on any atom is 0.226 e. The second kappa shape index (κ2) is 11.4. The zero-order chi connectivity index (χ0) is 28.6. The summed E-state index contributed by atoms with van der Waals surface area (Å²) in [5, 5.41) is 7.50. The predicted molar refractivity (Wildman–Crippen MR) is 167 cm³/mol. The molecule has 2 aromatic heterocycles. The zero-order valence-electron chi connectivity index (χ0n) is 23.4. The lowest BCUT2D eigenvalue weighted by molar-refractivity contribution is -0.118. The Balaban J connectivity index is 1.63. The number of thiocarbonyl (C=S) groups is 1. The van der Waals surface area contributed by atoms with E-state index in [1.165, 1.54) is 11.3 Å². The second-order valence-corrected chi connectivity index (χ2v) is 11.2. The Kier molecular flexibility index (Phi) is 7.97. The topological polar surface area (TPSA) is 62.2 Å². The van der Waals surface area contributed by atoms with Crippen LogP contribution in [0.15, 0.2) is 72.9 Å². The van der Waals surface area contributed by atoms with Gasteiger partial charge < -0.3 is 20.1 Å². The van der Waals surface area contributed by atoms with Gasteiger partial charge in [-0.05, 0) is 86.1 Å². The summed E-state index contributed by atoms with van der Waals surface area (Å²) in [6.07, 6.45) is 2.75. The first-order valence-electron chi connectivity index (χ1n) is 13.6. The van der Waals surface area contributed by atoms with Crippen LogP contribution in [0.5, 0.6) is 0 Å². The molecule has 1 aliphatic heterocycles. The predicted octanol–water partition coefficient (Wildman–Crippen LogP) is 7.48. The summed E-state index contributed by atoms with van der Waals surface area (Å²) in [5.74, 6) is -0.233. The van der Waals surface area contributed by atoms with Gasteiger partial charge in [0.25, 0.3) is 0 Å². The Labute approximate surface area is 246 Å². The highest BCUT2D eigenvalue weighted by molar-refractivity contribution is 7.80. The van der Waals surface area contributed by atoms with Crippen LogP contribution in [0.3, 0.4) is 0 Å². The summed E-state index contributed by atoms with van der Waals surface area (Å²) >= 11 is 12.6. The minimum Gasteiger partial charge on any atom is -0.351 e. The molecule has 2 atom stereocenters. The highest BCUT2D eigenvalue weighted by Crippen LogP contribution is 2.45. The number of aryl methyl sites for hydroxylation is 2. The molecule has 0 saturated carbocycles. The van der Waals surface area contributed by atoms with Crippen LogP contribution in [0, 0.1) is 19.8 Å². The number of aromatic nitrogens is 2. The molecule has 1 aliphatic rings. The summed E-state index contributed by atoms with van der Waals surface area (Å²) in [7, 11) is 0. The molecule has 4 aromatic rings. The van der Waals surface area contributed by atoms with Gasteiger partial charge in [-0.15, -0.1) is 0 Å². The maximum atomic E-state index is 12.3. The number of para-hydroxylation sites is 1. The Hall–Kier alpha value is -3.68. The van der Waals surface area contributed by atoms with Crippen molar-refractivity contribution in [1.82, 2.24) is 14.9 Å². The Morgan fingerprint density at radius 3 is 2.52 bits per heavy atom. The Bertz CT molecular complexity index is 1570. The minimum atomic E-state index is -0.178. The van der Waals surface area contributed by atoms with Crippen molar-refractivity contribution >= 4 is 46.2 Å². The molecule has 1 saturated heterocycles. The molecule has 2 aromatic carbocycles. The van der Waals surface area contributed by atoms with E-state index in [0.29, 0.717) is 15.8 Å². The number of carbonyl (C=O) groups is 1. The molecule has 8 heteroatoms. The van der Waals surface area contributed by atoms with Crippen molar-refractivity contribution < 1.29 is 4.79 Å². The van der Waals surface area contributed by atoms with E-state index in [0.717, 1.165) is 34.8 Å². The number of benzene rings is 2. The molecule has 0 spiro atoms. The summed E-state index contributed by atoms with van der Waals surface area (Å²) in [5.41, 5.74) is 8.25. The molecule has 1 fully saturated rings. The van der Waals surface area contributed by atoms with E-state index in [-0.39, 0.29) is 23.9 Å². The van der Waals surface area contributed by atoms with Gasteiger partial charge >= 0.3 is 0 Å². The number of hydrogen-bond donors (Lipinski definition) is 2. The number of rotatable bonds is 7. The lowest BCUT2D eigenvalue weighted by Gasteiger charge is -2.28. The van der Waals surface area contributed by atoms with Crippen molar-refractivity contribution in [3.8, 4) is 5.69 Å². The highest BCUT2D eigenvalue weighted by Gasteiger charge is 2.42. The lowest BCUT2D eigenvalue weighted by Crippen LogP contribution is -2.29. The van der Waals surface area contributed by atoms with E-state index < -0.39 is 0 Å². The summed E-state index contributed by atoms with van der Waals surface area (Å²) in [6, 6.07) is 22.0. The van der Waals surface area contributed by atoms with Gasteiger partial charge in [0.15, 0.2) is 5.11 Å². The molecule has 0 aliphatic carbocycles. The molecule has 3 heterocycles. The fourth-order valence-corrected chi connectivity index (χ4v) is 6.03. The van der Waals surface area contributed by atoms with E-state index in [1.54, 1.807) is 0 Å². The number of halogens is 1. The van der Waals surface area contributed by atoms with Crippen molar-refractivity contribution in [3.05, 3.63) is 106 Å². The van der Waals surface area contributed by atoms with E-state index in [2.05, 4.69) is 71.2 Å². The van der Waals surface area contributed by atoms with E-state index in [9.17, 15) is 4.79 Å². The third kappa shape index (κ3) is 5.11. The number of amides is 1. The number of nitrogens with zero attached hydrogens (tertiary/aromatic N) is 3. The molecule has 5 rings (SSSR count). The molecule has 0 bridgehead atoms. The molecule has 206 valence electrons. The van der Waals surface area contributed by atoms with Crippen LogP contribution in [-0.2, 0) is 11.2 Å². The van der Waals surface area contributed by atoms with E-state index in [4.69, 9.17) is 28.8 Å². The molecule has 0 radical (unpaired) electrons. The largest absolute Gasteiger partial charge is 0.351 e.